The maximum atomic E-state index is 12.9. The first kappa shape index (κ1) is 17.8. The van der Waals surface area contributed by atoms with Gasteiger partial charge in [0.05, 0.1) is 17.4 Å². The first-order valence-corrected chi connectivity index (χ1v) is 9.74. The maximum Gasteiger partial charge on any atom is 0.271 e. The first-order chi connectivity index (χ1) is 13.8. The van der Waals surface area contributed by atoms with Crippen molar-refractivity contribution >= 4 is 5.91 Å². The fourth-order valence-corrected chi connectivity index (χ4v) is 4.01. The molecule has 0 fully saturated rings. The first-order valence-electron chi connectivity index (χ1n) is 9.74. The molecular weight excluding hydrogens is 366 g/mol. The fraction of sp³-hybridized carbons (Fsp3) is 0.304. The van der Waals surface area contributed by atoms with Gasteiger partial charge >= 0.3 is 0 Å². The smallest absolute Gasteiger partial charge is 0.271 e. The summed E-state index contributed by atoms with van der Waals surface area (Å²) in [6.07, 6.45) is 0. The molecule has 6 heteroatoms. The number of ether oxygens (including phenoxy) is 2. The van der Waals surface area contributed by atoms with E-state index in [-0.39, 0.29) is 24.2 Å². The van der Waals surface area contributed by atoms with Gasteiger partial charge in [-0.1, -0.05) is 39.0 Å². The molecule has 3 aromatic rings. The highest BCUT2D eigenvalue weighted by atomic mass is 16.7. The molecule has 6 nitrogen and oxygen atoms in total. The summed E-state index contributed by atoms with van der Waals surface area (Å²) in [6, 6.07) is 13.8. The zero-order valence-electron chi connectivity index (χ0n) is 16.9. The SMILES string of the molecule is Cc1nn(-c2ccc(C(C)(C)C)cc2)c2c1C(c1ccc3c(c1)OCO3)NC2=O. The number of amides is 1. The van der Waals surface area contributed by atoms with Gasteiger partial charge in [-0.3, -0.25) is 4.79 Å². The van der Waals surface area contributed by atoms with Gasteiger partial charge in [0, 0.05) is 5.56 Å². The molecular formula is C23H23N3O3. The van der Waals surface area contributed by atoms with Crippen molar-refractivity contribution in [1.29, 1.82) is 0 Å². The van der Waals surface area contributed by atoms with Crippen LogP contribution in [0, 0.1) is 6.92 Å². The van der Waals surface area contributed by atoms with Gasteiger partial charge in [-0.15, -0.1) is 0 Å². The molecule has 0 radical (unpaired) electrons. The van der Waals surface area contributed by atoms with Crippen molar-refractivity contribution in [2.24, 2.45) is 0 Å². The molecule has 0 saturated heterocycles. The number of hydrogen-bond donors (Lipinski definition) is 1. The minimum Gasteiger partial charge on any atom is -0.454 e. The van der Waals surface area contributed by atoms with Crippen LogP contribution < -0.4 is 14.8 Å². The van der Waals surface area contributed by atoms with Gasteiger partial charge < -0.3 is 14.8 Å². The number of benzene rings is 2. The largest absolute Gasteiger partial charge is 0.454 e. The highest BCUT2D eigenvalue weighted by molar-refractivity contribution is 5.99. The number of carbonyl (C=O) groups excluding carboxylic acids is 1. The van der Waals surface area contributed by atoms with Crippen LogP contribution in [0.25, 0.3) is 5.69 Å². The van der Waals surface area contributed by atoms with E-state index in [9.17, 15) is 4.79 Å². The Hall–Kier alpha value is -3.28. The van der Waals surface area contributed by atoms with Gasteiger partial charge in [-0.25, -0.2) is 4.68 Å². The van der Waals surface area contributed by atoms with Crippen molar-refractivity contribution in [2.75, 3.05) is 6.79 Å². The number of aromatic nitrogens is 2. The minimum absolute atomic E-state index is 0.0718. The Balaban J connectivity index is 1.57. The topological polar surface area (TPSA) is 65.4 Å². The molecule has 2 aliphatic rings. The van der Waals surface area contributed by atoms with Gasteiger partial charge in [0.25, 0.3) is 5.91 Å². The summed E-state index contributed by atoms with van der Waals surface area (Å²) in [5.74, 6) is 1.31. The quantitative estimate of drug-likeness (QED) is 0.718. The number of aryl methyl sites for hydroxylation is 1. The van der Waals surface area contributed by atoms with E-state index >= 15 is 0 Å². The second kappa shape index (κ2) is 6.11. The Morgan fingerprint density at radius 3 is 2.52 bits per heavy atom. The van der Waals surface area contributed by atoms with Crippen LogP contribution in [0.4, 0.5) is 0 Å². The zero-order valence-corrected chi connectivity index (χ0v) is 16.9. The summed E-state index contributed by atoms with van der Waals surface area (Å²) in [5, 5.41) is 7.79. The van der Waals surface area contributed by atoms with E-state index < -0.39 is 0 Å². The summed E-state index contributed by atoms with van der Waals surface area (Å²) < 4.78 is 12.7. The molecule has 0 bridgehead atoms. The number of fused-ring (bicyclic) bond motifs is 2. The molecule has 3 heterocycles. The average molecular weight is 389 g/mol. The van der Waals surface area contributed by atoms with E-state index in [1.165, 1.54) is 5.56 Å². The second-order valence-electron chi connectivity index (χ2n) is 8.58. The fourth-order valence-electron chi connectivity index (χ4n) is 4.01. The Labute approximate surface area is 169 Å². The van der Waals surface area contributed by atoms with Crippen LogP contribution in [-0.2, 0) is 5.41 Å². The lowest BCUT2D eigenvalue weighted by atomic mass is 9.87. The number of hydrogen-bond acceptors (Lipinski definition) is 4. The summed E-state index contributed by atoms with van der Waals surface area (Å²) in [7, 11) is 0. The number of nitrogens with one attached hydrogen (secondary N) is 1. The molecule has 0 aliphatic carbocycles. The van der Waals surface area contributed by atoms with Crippen molar-refractivity contribution in [2.45, 2.75) is 39.2 Å². The molecule has 1 aromatic heterocycles. The van der Waals surface area contributed by atoms with Crippen LogP contribution in [0.2, 0.25) is 0 Å². The molecule has 1 N–H and O–H groups in total. The van der Waals surface area contributed by atoms with Crippen LogP contribution in [0.5, 0.6) is 11.5 Å². The lowest BCUT2D eigenvalue weighted by molar-refractivity contribution is 0.0953. The van der Waals surface area contributed by atoms with Crippen LogP contribution in [0.15, 0.2) is 42.5 Å². The molecule has 1 atom stereocenters. The molecule has 2 aliphatic heterocycles. The van der Waals surface area contributed by atoms with E-state index in [1.807, 2.05) is 37.3 Å². The third kappa shape index (κ3) is 2.78. The molecule has 0 saturated carbocycles. The van der Waals surface area contributed by atoms with Crippen LogP contribution in [-0.4, -0.2) is 22.5 Å². The highest BCUT2D eigenvalue weighted by Gasteiger charge is 2.37. The predicted octanol–water partition coefficient (Wildman–Crippen LogP) is 4.04. The Kier molecular flexibility index (Phi) is 3.75. The summed E-state index contributed by atoms with van der Waals surface area (Å²) in [6.45, 7) is 8.71. The van der Waals surface area contributed by atoms with Crippen molar-refractivity contribution in [3.63, 3.8) is 0 Å². The van der Waals surface area contributed by atoms with Crippen molar-refractivity contribution in [1.82, 2.24) is 15.1 Å². The van der Waals surface area contributed by atoms with Crippen LogP contribution >= 0.6 is 0 Å². The van der Waals surface area contributed by atoms with Crippen LogP contribution in [0.1, 0.15) is 59.7 Å². The van der Waals surface area contributed by atoms with Crippen molar-refractivity contribution in [3.05, 3.63) is 70.5 Å². The third-order valence-corrected chi connectivity index (χ3v) is 5.59. The van der Waals surface area contributed by atoms with Gasteiger partial charge in [0.2, 0.25) is 6.79 Å². The van der Waals surface area contributed by atoms with E-state index in [4.69, 9.17) is 14.6 Å². The normalized spacial score (nSPS) is 17.4. The summed E-state index contributed by atoms with van der Waals surface area (Å²) in [5.41, 5.74) is 5.48. The molecule has 0 spiro atoms. The lowest BCUT2D eigenvalue weighted by Gasteiger charge is -2.19. The number of rotatable bonds is 2. The van der Waals surface area contributed by atoms with E-state index in [2.05, 4.69) is 38.2 Å². The van der Waals surface area contributed by atoms with Crippen LogP contribution in [0.3, 0.4) is 0 Å². The van der Waals surface area contributed by atoms with Gasteiger partial charge in [0.1, 0.15) is 5.69 Å². The second-order valence-corrected chi connectivity index (χ2v) is 8.58. The molecule has 5 rings (SSSR count). The third-order valence-electron chi connectivity index (χ3n) is 5.59. The highest BCUT2D eigenvalue weighted by Crippen LogP contribution is 2.39. The molecule has 148 valence electrons. The summed E-state index contributed by atoms with van der Waals surface area (Å²) in [4.78, 5) is 12.9. The molecule has 1 unspecified atom stereocenters. The molecule has 1 amide bonds. The van der Waals surface area contributed by atoms with Gasteiger partial charge in [0.15, 0.2) is 11.5 Å². The standard InChI is InChI=1S/C23H23N3O3/c1-13-19-20(14-5-10-17-18(11-14)29-12-28-17)24-22(27)21(19)26(25-13)16-8-6-15(7-9-16)23(2,3)4/h5-11,20H,12H2,1-4H3,(H,24,27). The Morgan fingerprint density at radius 1 is 1.07 bits per heavy atom. The molecule has 2 aromatic carbocycles. The molecule has 29 heavy (non-hydrogen) atoms. The van der Waals surface area contributed by atoms with E-state index in [0.717, 1.165) is 28.3 Å². The predicted molar refractivity (Wildman–Crippen MR) is 109 cm³/mol. The Morgan fingerprint density at radius 2 is 1.79 bits per heavy atom. The monoisotopic (exact) mass is 389 g/mol. The Bertz CT molecular complexity index is 1120. The number of carbonyl (C=O) groups is 1. The van der Waals surface area contributed by atoms with E-state index in [1.54, 1.807) is 4.68 Å². The van der Waals surface area contributed by atoms with Gasteiger partial charge in [-0.05, 0) is 47.7 Å². The average Bonchev–Trinajstić information content (AvgIpc) is 3.37. The van der Waals surface area contributed by atoms with E-state index in [0.29, 0.717) is 11.4 Å². The number of nitrogens with zero attached hydrogens (tertiary/aromatic N) is 2. The summed E-state index contributed by atoms with van der Waals surface area (Å²) >= 11 is 0. The lowest BCUT2D eigenvalue weighted by Crippen LogP contribution is -2.22. The van der Waals surface area contributed by atoms with Crippen molar-refractivity contribution in [3.8, 4) is 17.2 Å². The maximum absolute atomic E-state index is 12.9. The minimum atomic E-state index is -0.255. The zero-order chi connectivity index (χ0) is 20.3. The van der Waals surface area contributed by atoms with Crippen molar-refractivity contribution < 1.29 is 14.3 Å². The van der Waals surface area contributed by atoms with Gasteiger partial charge in [-0.2, -0.15) is 5.10 Å².